The van der Waals surface area contributed by atoms with E-state index in [1.165, 1.54) is 6.21 Å². The molecule has 0 spiro atoms. The second kappa shape index (κ2) is 7.45. The van der Waals surface area contributed by atoms with Gasteiger partial charge in [0.15, 0.2) is 0 Å². The third-order valence-electron chi connectivity index (χ3n) is 2.61. The summed E-state index contributed by atoms with van der Waals surface area (Å²) in [6.07, 6.45) is 1.46. The van der Waals surface area contributed by atoms with E-state index >= 15 is 0 Å². The standard InChI is InChI=1S/C16H14ClNO3/c1-2-20-15-9-3-12(4-10-15)11-18-21-16(19)13-5-7-14(17)8-6-13/h3-11H,2H2,1H3. The zero-order valence-corrected chi connectivity index (χ0v) is 12.2. The van der Waals surface area contributed by atoms with Gasteiger partial charge in [-0.15, -0.1) is 0 Å². The predicted molar refractivity (Wildman–Crippen MR) is 82.1 cm³/mol. The van der Waals surface area contributed by atoms with Crippen LogP contribution < -0.4 is 4.74 Å². The molecule has 2 rings (SSSR count). The Morgan fingerprint density at radius 3 is 2.43 bits per heavy atom. The van der Waals surface area contributed by atoms with Crippen molar-refractivity contribution in [3.05, 3.63) is 64.7 Å². The van der Waals surface area contributed by atoms with Crippen LogP contribution in [0.3, 0.4) is 0 Å². The van der Waals surface area contributed by atoms with Gasteiger partial charge < -0.3 is 9.57 Å². The van der Waals surface area contributed by atoms with E-state index in [4.69, 9.17) is 21.2 Å². The lowest BCUT2D eigenvalue weighted by atomic mass is 10.2. The summed E-state index contributed by atoms with van der Waals surface area (Å²) in [6, 6.07) is 13.7. The molecule has 4 nitrogen and oxygen atoms in total. The summed E-state index contributed by atoms with van der Waals surface area (Å²) in [5, 5.41) is 4.23. The third-order valence-corrected chi connectivity index (χ3v) is 2.86. The Kier molecular flexibility index (Phi) is 5.35. The van der Waals surface area contributed by atoms with E-state index in [1.807, 2.05) is 31.2 Å². The van der Waals surface area contributed by atoms with Gasteiger partial charge in [0.05, 0.1) is 18.4 Å². The molecule has 0 fully saturated rings. The van der Waals surface area contributed by atoms with Crippen LogP contribution in [0.1, 0.15) is 22.8 Å². The van der Waals surface area contributed by atoms with Gasteiger partial charge in [-0.3, -0.25) is 0 Å². The van der Waals surface area contributed by atoms with Crippen molar-refractivity contribution in [2.24, 2.45) is 5.16 Å². The van der Waals surface area contributed by atoms with E-state index in [9.17, 15) is 4.79 Å². The molecule has 5 heteroatoms. The molecule has 0 amide bonds. The monoisotopic (exact) mass is 303 g/mol. The Labute approximate surface area is 127 Å². The van der Waals surface area contributed by atoms with Crippen molar-refractivity contribution in [3.8, 4) is 5.75 Å². The fourth-order valence-electron chi connectivity index (χ4n) is 1.59. The van der Waals surface area contributed by atoms with Crippen LogP contribution in [-0.4, -0.2) is 18.8 Å². The van der Waals surface area contributed by atoms with Crippen molar-refractivity contribution >= 4 is 23.8 Å². The van der Waals surface area contributed by atoms with Gasteiger partial charge in [-0.2, -0.15) is 0 Å². The molecule has 2 aromatic rings. The van der Waals surface area contributed by atoms with Gasteiger partial charge in [0.1, 0.15) is 5.75 Å². The minimum atomic E-state index is -0.533. The molecular weight excluding hydrogens is 290 g/mol. The minimum Gasteiger partial charge on any atom is -0.494 e. The van der Waals surface area contributed by atoms with Crippen LogP contribution >= 0.6 is 11.6 Å². The zero-order chi connectivity index (χ0) is 15.1. The summed E-state index contributed by atoms with van der Waals surface area (Å²) in [7, 11) is 0. The van der Waals surface area contributed by atoms with E-state index in [0.29, 0.717) is 17.2 Å². The molecule has 0 N–H and O–H groups in total. The van der Waals surface area contributed by atoms with Gasteiger partial charge in [0, 0.05) is 5.02 Å². The summed E-state index contributed by atoms with van der Waals surface area (Å²) in [6.45, 7) is 2.54. The van der Waals surface area contributed by atoms with Crippen molar-refractivity contribution in [2.45, 2.75) is 6.92 Å². The Morgan fingerprint density at radius 2 is 1.81 bits per heavy atom. The number of nitrogens with zero attached hydrogens (tertiary/aromatic N) is 1. The van der Waals surface area contributed by atoms with Crippen LogP contribution in [0.25, 0.3) is 0 Å². The molecular formula is C16H14ClNO3. The third kappa shape index (κ3) is 4.61. The minimum absolute atomic E-state index is 0.392. The van der Waals surface area contributed by atoms with Gasteiger partial charge in [-0.25, -0.2) is 4.79 Å². The summed E-state index contributed by atoms with van der Waals surface area (Å²) in [5.41, 5.74) is 1.20. The van der Waals surface area contributed by atoms with Crippen molar-refractivity contribution in [1.29, 1.82) is 0 Å². The molecule has 0 aromatic heterocycles. The highest BCUT2D eigenvalue weighted by molar-refractivity contribution is 6.30. The number of rotatable bonds is 5. The first kappa shape index (κ1) is 15.1. The van der Waals surface area contributed by atoms with Crippen molar-refractivity contribution in [1.82, 2.24) is 0 Å². The van der Waals surface area contributed by atoms with Gasteiger partial charge >= 0.3 is 5.97 Å². The molecule has 0 aliphatic heterocycles. The van der Waals surface area contributed by atoms with Crippen LogP contribution in [0.5, 0.6) is 5.75 Å². The van der Waals surface area contributed by atoms with Crippen LogP contribution in [0.4, 0.5) is 0 Å². The Bertz CT molecular complexity index is 621. The number of halogens is 1. The average molecular weight is 304 g/mol. The molecule has 2 aromatic carbocycles. The number of carbonyl (C=O) groups is 1. The van der Waals surface area contributed by atoms with Crippen molar-refractivity contribution in [2.75, 3.05) is 6.61 Å². The lowest BCUT2D eigenvalue weighted by molar-refractivity contribution is 0.0519. The molecule has 0 aliphatic carbocycles. The molecule has 0 saturated carbocycles. The molecule has 21 heavy (non-hydrogen) atoms. The summed E-state index contributed by atoms with van der Waals surface area (Å²) < 4.78 is 5.33. The average Bonchev–Trinajstić information content (AvgIpc) is 2.50. The number of benzene rings is 2. The highest BCUT2D eigenvalue weighted by Crippen LogP contribution is 2.12. The first-order chi connectivity index (χ1) is 10.2. The first-order valence-electron chi connectivity index (χ1n) is 6.42. The molecule has 0 unspecified atom stereocenters. The number of carbonyl (C=O) groups excluding carboxylic acids is 1. The molecule has 0 heterocycles. The largest absolute Gasteiger partial charge is 0.494 e. The van der Waals surface area contributed by atoms with E-state index in [-0.39, 0.29) is 0 Å². The van der Waals surface area contributed by atoms with E-state index < -0.39 is 5.97 Å². The molecule has 0 atom stereocenters. The Morgan fingerprint density at radius 1 is 1.14 bits per heavy atom. The molecule has 0 saturated heterocycles. The van der Waals surface area contributed by atoms with Crippen LogP contribution in [0, 0.1) is 0 Å². The molecule has 0 aliphatic rings. The van der Waals surface area contributed by atoms with Gasteiger partial charge in [0.25, 0.3) is 0 Å². The predicted octanol–water partition coefficient (Wildman–Crippen LogP) is 3.93. The second-order valence-corrected chi connectivity index (χ2v) is 4.56. The van der Waals surface area contributed by atoms with Gasteiger partial charge in [0.2, 0.25) is 0 Å². The number of hydrogen-bond donors (Lipinski definition) is 0. The topological polar surface area (TPSA) is 47.9 Å². The van der Waals surface area contributed by atoms with Gasteiger partial charge in [-0.05, 0) is 61.0 Å². The highest BCUT2D eigenvalue weighted by Gasteiger charge is 2.05. The van der Waals surface area contributed by atoms with Crippen LogP contribution in [-0.2, 0) is 4.84 Å². The lowest BCUT2D eigenvalue weighted by Crippen LogP contribution is -2.00. The van der Waals surface area contributed by atoms with Gasteiger partial charge in [-0.1, -0.05) is 16.8 Å². The maximum absolute atomic E-state index is 11.7. The van der Waals surface area contributed by atoms with E-state index in [1.54, 1.807) is 24.3 Å². The van der Waals surface area contributed by atoms with Crippen LogP contribution in [0.2, 0.25) is 5.02 Å². The maximum atomic E-state index is 11.7. The summed E-state index contributed by atoms with van der Waals surface area (Å²) >= 11 is 5.74. The zero-order valence-electron chi connectivity index (χ0n) is 11.5. The van der Waals surface area contributed by atoms with E-state index in [2.05, 4.69) is 5.16 Å². The fraction of sp³-hybridized carbons (Fsp3) is 0.125. The van der Waals surface area contributed by atoms with Crippen molar-refractivity contribution in [3.63, 3.8) is 0 Å². The Hall–Kier alpha value is -2.33. The maximum Gasteiger partial charge on any atom is 0.365 e. The van der Waals surface area contributed by atoms with E-state index in [0.717, 1.165) is 11.3 Å². The van der Waals surface area contributed by atoms with Crippen molar-refractivity contribution < 1.29 is 14.4 Å². The summed E-state index contributed by atoms with van der Waals surface area (Å²) in [4.78, 5) is 16.5. The van der Waals surface area contributed by atoms with Crippen LogP contribution in [0.15, 0.2) is 53.7 Å². The fourth-order valence-corrected chi connectivity index (χ4v) is 1.72. The normalized spacial score (nSPS) is 10.6. The first-order valence-corrected chi connectivity index (χ1v) is 6.80. The Balaban J connectivity index is 1.92. The molecule has 108 valence electrons. The number of hydrogen-bond acceptors (Lipinski definition) is 4. The number of ether oxygens (including phenoxy) is 1. The second-order valence-electron chi connectivity index (χ2n) is 4.12. The lowest BCUT2D eigenvalue weighted by Gasteiger charge is -2.02. The quantitative estimate of drug-likeness (QED) is 0.478. The summed E-state index contributed by atoms with van der Waals surface area (Å²) in [5.74, 6) is 0.252. The SMILES string of the molecule is CCOc1ccc(C=NOC(=O)c2ccc(Cl)cc2)cc1. The molecule has 0 bridgehead atoms. The molecule has 0 radical (unpaired) electrons. The highest BCUT2D eigenvalue weighted by atomic mass is 35.5. The smallest absolute Gasteiger partial charge is 0.365 e. The number of oxime groups is 1.